The summed E-state index contributed by atoms with van der Waals surface area (Å²) < 4.78 is 0. The van der Waals surface area contributed by atoms with Gasteiger partial charge in [0.2, 0.25) is 0 Å². The lowest BCUT2D eigenvalue weighted by atomic mass is 10.0. The first-order valence-electron chi connectivity index (χ1n) is 5.49. The molecule has 8 N–H and O–H groups in total. The maximum absolute atomic E-state index is 9.90. The first-order chi connectivity index (χ1) is 9.58. The Balaban J connectivity index is 0. The molecule has 124 valence electrons. The number of hydrogen-bond donors (Lipinski definition) is 8. The van der Waals surface area contributed by atoms with Crippen LogP contribution in [0.15, 0.2) is 0 Å². The van der Waals surface area contributed by atoms with E-state index in [4.69, 9.17) is 40.9 Å². The normalized spacial score (nSPS) is 17.4. The van der Waals surface area contributed by atoms with Gasteiger partial charge in [0.15, 0.2) is 12.4 Å². The van der Waals surface area contributed by atoms with Crippen molar-refractivity contribution in [2.24, 2.45) is 0 Å². The van der Waals surface area contributed by atoms with E-state index in [1.165, 1.54) is 0 Å². The van der Waals surface area contributed by atoms with Crippen LogP contribution < -0.4 is 0 Å². The van der Waals surface area contributed by atoms with Crippen LogP contribution >= 0.6 is 0 Å². The summed E-state index contributed by atoms with van der Waals surface area (Å²) in [4.78, 5) is 29.3. The molecule has 0 aliphatic rings. The van der Waals surface area contributed by atoms with Crippen LogP contribution in [0.5, 0.6) is 0 Å². The van der Waals surface area contributed by atoms with Crippen LogP contribution in [0.4, 0.5) is 0 Å². The molecular weight excluding hydrogens is 296 g/mol. The number of aliphatic hydroxyl groups is 6. The van der Waals surface area contributed by atoms with Crippen LogP contribution in [0.3, 0.4) is 0 Å². The molecule has 0 aromatic rings. The number of carboxylic acid groups (broad SMARTS) is 2. The van der Waals surface area contributed by atoms with Gasteiger partial charge in [-0.2, -0.15) is 0 Å². The number of aliphatic hydroxyl groups excluding tert-OH is 6. The van der Waals surface area contributed by atoms with Gasteiger partial charge in [-0.05, 0) is 0 Å². The minimum absolute atomic E-state index is 0.0258. The highest BCUT2D eigenvalue weighted by Crippen LogP contribution is 2.02. The molecule has 11 nitrogen and oxygen atoms in total. The highest BCUT2D eigenvalue weighted by molar-refractivity contribution is 5.79. The summed E-state index contributed by atoms with van der Waals surface area (Å²) in [7, 11) is 0. The number of aliphatic carboxylic acids is 2. The van der Waals surface area contributed by atoms with Gasteiger partial charge in [-0.15, -0.1) is 0 Å². The van der Waals surface area contributed by atoms with Crippen LogP contribution in [0.2, 0.25) is 0 Å². The van der Waals surface area contributed by atoms with Gasteiger partial charge in [-0.25, -0.2) is 4.79 Å². The van der Waals surface area contributed by atoms with E-state index in [1.54, 1.807) is 0 Å². The minimum Gasteiger partial charge on any atom is -0.481 e. The third-order valence-corrected chi connectivity index (χ3v) is 2.07. The van der Waals surface area contributed by atoms with Crippen LogP contribution in [0.25, 0.3) is 0 Å². The maximum Gasteiger partial charge on any atom is 0.333 e. The molecule has 11 heteroatoms. The second kappa shape index (κ2) is 11.1. The van der Waals surface area contributed by atoms with Gasteiger partial charge < -0.3 is 45.6 Å². The zero-order valence-corrected chi connectivity index (χ0v) is 10.7. The molecular formula is C10H18O11. The van der Waals surface area contributed by atoms with E-state index in [1.807, 2.05) is 0 Å². The third-order valence-electron chi connectivity index (χ3n) is 2.07. The smallest absolute Gasteiger partial charge is 0.333 e. The summed E-state index contributed by atoms with van der Waals surface area (Å²) in [6, 6.07) is 0. The molecule has 5 atom stereocenters. The lowest BCUT2D eigenvalue weighted by molar-refractivity contribution is -0.152. The van der Waals surface area contributed by atoms with Crippen LogP contribution in [0, 0.1) is 0 Å². The summed E-state index contributed by atoms with van der Waals surface area (Å²) in [5.41, 5.74) is 0. The number of carboxylic acids is 2. The molecule has 0 amide bonds. The summed E-state index contributed by atoms with van der Waals surface area (Å²) in [5.74, 6) is -2.85. The van der Waals surface area contributed by atoms with E-state index < -0.39 is 55.5 Å². The van der Waals surface area contributed by atoms with Crippen molar-refractivity contribution < 1.29 is 55.2 Å². The van der Waals surface area contributed by atoms with Crippen molar-refractivity contribution in [3.63, 3.8) is 0 Å². The zero-order valence-electron chi connectivity index (χ0n) is 10.7. The number of carbonyl (C=O) groups is 3. The number of rotatable bonds is 8. The molecule has 0 saturated heterocycles. The first kappa shape index (κ1) is 21.7. The van der Waals surface area contributed by atoms with Gasteiger partial charge in [0, 0.05) is 0 Å². The predicted octanol–water partition coefficient (Wildman–Crippen LogP) is -4.47. The average Bonchev–Trinajstić information content (AvgIpc) is 2.43. The van der Waals surface area contributed by atoms with Crippen molar-refractivity contribution in [2.45, 2.75) is 36.9 Å². The van der Waals surface area contributed by atoms with Crippen molar-refractivity contribution in [1.82, 2.24) is 0 Å². The van der Waals surface area contributed by atoms with E-state index in [0.717, 1.165) is 0 Å². The standard InChI is InChI=1S/C6H12O6.C4H6O5/c7-1-3(9)5(11)6(12)4(10)2-8;5-2(4(8)9)1-3(6)7/h1,3-6,8-12H,2H2;2,5H,1H2,(H,6,7)(H,8,9)/t3-,4+,5+,6+;/m0./s1. The quantitative estimate of drug-likeness (QED) is 0.200. The van der Waals surface area contributed by atoms with Crippen molar-refractivity contribution in [3.8, 4) is 0 Å². The molecule has 0 radical (unpaired) electrons. The van der Waals surface area contributed by atoms with E-state index in [0.29, 0.717) is 0 Å². The number of aldehydes is 1. The Hall–Kier alpha value is -1.63. The topological polar surface area (TPSA) is 213 Å². The highest BCUT2D eigenvalue weighted by Gasteiger charge is 2.29. The van der Waals surface area contributed by atoms with Crippen molar-refractivity contribution in [2.75, 3.05) is 6.61 Å². The summed E-state index contributed by atoms with van der Waals surface area (Å²) in [6.45, 7) is -0.760. The third kappa shape index (κ3) is 9.84. The Morgan fingerprint density at radius 3 is 1.67 bits per heavy atom. The van der Waals surface area contributed by atoms with Crippen LogP contribution in [-0.4, -0.2) is 96.2 Å². The first-order valence-corrected chi connectivity index (χ1v) is 5.49. The fourth-order valence-electron chi connectivity index (χ4n) is 0.871. The molecule has 0 aromatic heterocycles. The Morgan fingerprint density at radius 2 is 1.43 bits per heavy atom. The Morgan fingerprint density at radius 1 is 0.952 bits per heavy atom. The largest absolute Gasteiger partial charge is 0.481 e. The van der Waals surface area contributed by atoms with Gasteiger partial charge >= 0.3 is 11.9 Å². The Labute approximate surface area is 118 Å². The molecule has 0 heterocycles. The van der Waals surface area contributed by atoms with E-state index in [-0.39, 0.29) is 6.29 Å². The molecule has 0 aliphatic carbocycles. The van der Waals surface area contributed by atoms with Gasteiger partial charge in [-0.3, -0.25) is 4.79 Å². The SMILES string of the molecule is O=C(O)CC(O)C(=O)O.O=C[C@H](O)[C@@H](O)[C@H](O)[C@H](O)CO. The van der Waals surface area contributed by atoms with Gasteiger partial charge in [-0.1, -0.05) is 0 Å². The molecule has 21 heavy (non-hydrogen) atoms. The fraction of sp³-hybridized carbons (Fsp3) is 0.700. The molecule has 0 rings (SSSR count). The summed E-state index contributed by atoms with van der Waals surface area (Å²) >= 11 is 0. The molecule has 0 bridgehead atoms. The van der Waals surface area contributed by atoms with Gasteiger partial charge in [0.1, 0.15) is 24.4 Å². The van der Waals surface area contributed by atoms with Crippen molar-refractivity contribution >= 4 is 18.2 Å². The highest BCUT2D eigenvalue weighted by atomic mass is 16.4. The van der Waals surface area contributed by atoms with Crippen LogP contribution in [0.1, 0.15) is 6.42 Å². The van der Waals surface area contributed by atoms with Crippen molar-refractivity contribution in [1.29, 1.82) is 0 Å². The average molecular weight is 314 g/mol. The zero-order chi connectivity index (χ0) is 17.2. The second-order valence-corrected chi connectivity index (χ2v) is 3.81. The Kier molecular flexibility index (Phi) is 11.4. The number of carbonyl (C=O) groups excluding carboxylic acids is 1. The minimum atomic E-state index is -1.79. The molecule has 0 fully saturated rings. The van der Waals surface area contributed by atoms with Gasteiger partial charge in [0.25, 0.3) is 0 Å². The Bertz CT molecular complexity index is 331. The molecule has 0 spiro atoms. The lowest BCUT2D eigenvalue weighted by Gasteiger charge is -2.22. The fourth-order valence-corrected chi connectivity index (χ4v) is 0.871. The summed E-state index contributed by atoms with van der Waals surface area (Å²) in [6.07, 6.45) is -9.38. The van der Waals surface area contributed by atoms with E-state index in [9.17, 15) is 14.4 Å². The van der Waals surface area contributed by atoms with Gasteiger partial charge in [0.05, 0.1) is 13.0 Å². The maximum atomic E-state index is 9.90. The van der Waals surface area contributed by atoms with Crippen molar-refractivity contribution in [3.05, 3.63) is 0 Å². The van der Waals surface area contributed by atoms with Crippen LogP contribution in [-0.2, 0) is 14.4 Å². The van der Waals surface area contributed by atoms with E-state index in [2.05, 4.69) is 0 Å². The lowest BCUT2D eigenvalue weighted by Crippen LogP contribution is -2.46. The number of hydrogen-bond acceptors (Lipinski definition) is 9. The second-order valence-electron chi connectivity index (χ2n) is 3.81. The predicted molar refractivity (Wildman–Crippen MR) is 63.1 cm³/mol. The molecule has 0 saturated carbocycles. The molecule has 0 aromatic carbocycles. The summed E-state index contributed by atoms with van der Waals surface area (Å²) in [5, 5.41) is 67.7. The molecule has 0 aliphatic heterocycles. The van der Waals surface area contributed by atoms with E-state index >= 15 is 0 Å². The monoisotopic (exact) mass is 314 g/mol. The molecule has 1 unspecified atom stereocenters.